The van der Waals surface area contributed by atoms with Gasteiger partial charge in [-0.05, 0) is 44.5 Å². The van der Waals surface area contributed by atoms with E-state index >= 15 is 0 Å². The van der Waals surface area contributed by atoms with Gasteiger partial charge in [0, 0.05) is 12.6 Å². The zero-order valence-electron chi connectivity index (χ0n) is 15.8. The summed E-state index contributed by atoms with van der Waals surface area (Å²) in [6, 6.07) is 12.3. The van der Waals surface area contributed by atoms with Crippen molar-refractivity contribution in [2.24, 2.45) is 0 Å². The first-order valence-corrected chi connectivity index (χ1v) is 9.13. The van der Waals surface area contributed by atoms with E-state index in [9.17, 15) is 9.59 Å². The number of carbonyl (C=O) groups excluding carboxylic acids is 2. The lowest BCUT2D eigenvalue weighted by atomic mass is 10.1. The molecule has 1 aliphatic heterocycles. The zero-order valence-corrected chi connectivity index (χ0v) is 15.8. The highest BCUT2D eigenvalue weighted by Gasteiger charge is 2.24. The van der Waals surface area contributed by atoms with Gasteiger partial charge in [0.1, 0.15) is 0 Å². The van der Waals surface area contributed by atoms with E-state index < -0.39 is 0 Å². The molecule has 2 aromatic carbocycles. The molecule has 0 saturated heterocycles. The van der Waals surface area contributed by atoms with Crippen LogP contribution in [0.1, 0.15) is 47.9 Å². The summed E-state index contributed by atoms with van der Waals surface area (Å²) in [7, 11) is 0. The number of fused-ring (bicyclic) bond motifs is 1. The molecule has 0 radical (unpaired) electrons. The first-order chi connectivity index (χ1) is 13.0. The second-order valence-electron chi connectivity index (χ2n) is 6.63. The Morgan fingerprint density at radius 3 is 2.56 bits per heavy atom. The molecule has 27 heavy (non-hydrogen) atoms. The van der Waals surface area contributed by atoms with Crippen molar-refractivity contribution in [1.29, 1.82) is 0 Å². The Kier molecular flexibility index (Phi) is 5.64. The van der Waals surface area contributed by atoms with Gasteiger partial charge in [-0.1, -0.05) is 25.1 Å². The van der Waals surface area contributed by atoms with Gasteiger partial charge in [0.15, 0.2) is 11.5 Å². The van der Waals surface area contributed by atoms with Gasteiger partial charge >= 0.3 is 0 Å². The van der Waals surface area contributed by atoms with Crippen LogP contribution in [-0.2, 0) is 0 Å². The molecule has 0 bridgehead atoms. The van der Waals surface area contributed by atoms with Crippen molar-refractivity contribution in [2.45, 2.75) is 33.2 Å². The maximum Gasteiger partial charge on any atom is 0.259 e. The molecule has 6 nitrogen and oxygen atoms in total. The van der Waals surface area contributed by atoms with Crippen molar-refractivity contribution in [1.82, 2.24) is 4.90 Å². The van der Waals surface area contributed by atoms with Crippen molar-refractivity contribution in [3.05, 3.63) is 53.6 Å². The number of nitrogens with one attached hydrogen (secondary N) is 1. The van der Waals surface area contributed by atoms with E-state index in [-0.39, 0.29) is 24.6 Å². The summed E-state index contributed by atoms with van der Waals surface area (Å²) in [5, 5.41) is 2.85. The van der Waals surface area contributed by atoms with Crippen LogP contribution < -0.4 is 14.8 Å². The topological polar surface area (TPSA) is 67.9 Å². The average Bonchev–Trinajstić information content (AvgIpc) is 3.14. The molecule has 1 heterocycles. The van der Waals surface area contributed by atoms with Crippen LogP contribution in [0.15, 0.2) is 42.5 Å². The molecule has 0 aliphatic carbocycles. The molecule has 1 N–H and O–H groups in total. The van der Waals surface area contributed by atoms with E-state index in [1.54, 1.807) is 42.5 Å². The lowest BCUT2D eigenvalue weighted by molar-refractivity contribution is 0.0707. The van der Waals surface area contributed by atoms with E-state index in [0.29, 0.717) is 34.9 Å². The number of hydrogen-bond donors (Lipinski definition) is 1. The summed E-state index contributed by atoms with van der Waals surface area (Å²) < 4.78 is 10.7. The van der Waals surface area contributed by atoms with Gasteiger partial charge in [-0.15, -0.1) is 0 Å². The normalized spacial score (nSPS) is 12.1. The smallest absolute Gasteiger partial charge is 0.259 e. The van der Waals surface area contributed by atoms with E-state index in [2.05, 4.69) is 5.32 Å². The van der Waals surface area contributed by atoms with Crippen molar-refractivity contribution >= 4 is 17.5 Å². The predicted molar refractivity (Wildman–Crippen MR) is 103 cm³/mol. The van der Waals surface area contributed by atoms with Crippen LogP contribution >= 0.6 is 0 Å². The average molecular weight is 368 g/mol. The van der Waals surface area contributed by atoms with Gasteiger partial charge < -0.3 is 19.7 Å². The predicted octanol–water partition coefficient (Wildman–Crippen LogP) is 3.93. The zero-order chi connectivity index (χ0) is 19.4. The fourth-order valence-corrected chi connectivity index (χ4v) is 3.07. The number of nitrogens with zero attached hydrogens (tertiary/aromatic N) is 1. The number of carbonyl (C=O) groups is 2. The molecular formula is C21H24N2O4. The molecule has 142 valence electrons. The molecule has 0 unspecified atom stereocenters. The molecule has 0 saturated carbocycles. The highest BCUT2D eigenvalue weighted by atomic mass is 16.7. The number of para-hydroxylation sites is 2. The standard InChI is InChI=1S/C21H24N2O4/c1-4-12-23(14(2)3)21(25)15-8-5-6-10-17(15)22-20(24)16-9-7-11-18-19(16)27-13-26-18/h5-11,14H,4,12-13H2,1-3H3,(H,22,24). The Bertz CT molecular complexity index is 848. The molecule has 0 aromatic heterocycles. The minimum Gasteiger partial charge on any atom is -0.454 e. The maximum atomic E-state index is 13.0. The minimum atomic E-state index is -0.343. The molecule has 2 aromatic rings. The van der Waals surface area contributed by atoms with E-state index in [1.807, 2.05) is 25.7 Å². The van der Waals surface area contributed by atoms with Crippen LogP contribution in [0.5, 0.6) is 11.5 Å². The van der Waals surface area contributed by atoms with Crippen molar-refractivity contribution in [2.75, 3.05) is 18.7 Å². The minimum absolute atomic E-state index is 0.0733. The van der Waals surface area contributed by atoms with Crippen LogP contribution in [-0.4, -0.2) is 36.1 Å². The summed E-state index contributed by atoms with van der Waals surface area (Å²) >= 11 is 0. The third-order valence-electron chi connectivity index (χ3n) is 4.40. The summed E-state index contributed by atoms with van der Waals surface area (Å²) in [6.45, 7) is 6.76. The van der Waals surface area contributed by atoms with Gasteiger partial charge in [-0.3, -0.25) is 9.59 Å². The third-order valence-corrected chi connectivity index (χ3v) is 4.40. The third kappa shape index (κ3) is 3.89. The molecule has 6 heteroatoms. The fraction of sp³-hybridized carbons (Fsp3) is 0.333. The van der Waals surface area contributed by atoms with Crippen LogP contribution in [0, 0.1) is 0 Å². The monoisotopic (exact) mass is 368 g/mol. The molecule has 0 spiro atoms. The highest BCUT2D eigenvalue weighted by molar-refractivity contribution is 6.10. The van der Waals surface area contributed by atoms with Gasteiger partial charge in [0.05, 0.1) is 16.8 Å². The van der Waals surface area contributed by atoms with Gasteiger partial charge in [0.25, 0.3) is 11.8 Å². The van der Waals surface area contributed by atoms with Crippen LogP contribution in [0.4, 0.5) is 5.69 Å². The lowest BCUT2D eigenvalue weighted by Crippen LogP contribution is -2.38. The second kappa shape index (κ2) is 8.12. The number of hydrogen-bond acceptors (Lipinski definition) is 4. The number of anilines is 1. The van der Waals surface area contributed by atoms with Crippen molar-refractivity contribution in [3.8, 4) is 11.5 Å². The van der Waals surface area contributed by atoms with Gasteiger partial charge in [0.2, 0.25) is 6.79 Å². The summed E-state index contributed by atoms with van der Waals surface area (Å²) in [6.07, 6.45) is 0.867. The van der Waals surface area contributed by atoms with E-state index in [1.165, 1.54) is 0 Å². The van der Waals surface area contributed by atoms with Crippen LogP contribution in [0.2, 0.25) is 0 Å². The highest BCUT2D eigenvalue weighted by Crippen LogP contribution is 2.35. The summed E-state index contributed by atoms with van der Waals surface area (Å²) in [5.74, 6) is 0.527. The first kappa shape index (κ1) is 18.8. The van der Waals surface area contributed by atoms with Crippen molar-refractivity contribution < 1.29 is 19.1 Å². The maximum absolute atomic E-state index is 13.0. The SMILES string of the molecule is CCCN(C(=O)c1ccccc1NC(=O)c1cccc2c1OCO2)C(C)C. The first-order valence-electron chi connectivity index (χ1n) is 9.13. The molecule has 0 atom stereocenters. The molecule has 2 amide bonds. The Labute approximate surface area is 159 Å². The number of benzene rings is 2. The number of ether oxygens (including phenoxy) is 2. The molecule has 0 fully saturated rings. The second-order valence-corrected chi connectivity index (χ2v) is 6.63. The fourth-order valence-electron chi connectivity index (χ4n) is 3.07. The van der Waals surface area contributed by atoms with Crippen LogP contribution in [0.25, 0.3) is 0 Å². The Morgan fingerprint density at radius 1 is 1.07 bits per heavy atom. The Hall–Kier alpha value is -3.02. The van der Waals surface area contributed by atoms with Crippen molar-refractivity contribution in [3.63, 3.8) is 0 Å². The molecular weight excluding hydrogens is 344 g/mol. The molecule has 3 rings (SSSR count). The van der Waals surface area contributed by atoms with E-state index in [4.69, 9.17) is 9.47 Å². The summed E-state index contributed by atoms with van der Waals surface area (Å²) in [5.41, 5.74) is 1.32. The number of amides is 2. The van der Waals surface area contributed by atoms with E-state index in [0.717, 1.165) is 6.42 Å². The Morgan fingerprint density at radius 2 is 1.81 bits per heavy atom. The van der Waals surface area contributed by atoms with Gasteiger partial charge in [-0.2, -0.15) is 0 Å². The lowest BCUT2D eigenvalue weighted by Gasteiger charge is -2.27. The number of rotatable bonds is 6. The van der Waals surface area contributed by atoms with Crippen LogP contribution in [0.3, 0.4) is 0 Å². The van der Waals surface area contributed by atoms with Gasteiger partial charge in [-0.25, -0.2) is 0 Å². The molecule has 1 aliphatic rings. The summed E-state index contributed by atoms with van der Waals surface area (Å²) in [4.78, 5) is 27.6. The quantitative estimate of drug-likeness (QED) is 0.839. The largest absolute Gasteiger partial charge is 0.454 e. The Balaban J connectivity index is 1.87.